The van der Waals surface area contributed by atoms with Crippen LogP contribution in [-0.2, 0) is 0 Å². The lowest BCUT2D eigenvalue weighted by Gasteiger charge is -2.28. The number of aromatic amines is 1. The van der Waals surface area contributed by atoms with E-state index in [1.165, 1.54) is 19.3 Å². The Balaban J connectivity index is 2.11. The van der Waals surface area contributed by atoms with E-state index in [2.05, 4.69) is 10.3 Å². The van der Waals surface area contributed by atoms with E-state index in [0.29, 0.717) is 22.7 Å². The van der Waals surface area contributed by atoms with Gasteiger partial charge in [-0.2, -0.15) is 0 Å². The lowest BCUT2D eigenvalue weighted by atomic mass is 9.84. The molecule has 0 spiro atoms. The molecule has 1 atom stereocenters. The molecule has 5 nitrogen and oxygen atoms in total. The highest BCUT2D eigenvalue weighted by Crippen LogP contribution is 2.27. The van der Waals surface area contributed by atoms with Crippen molar-refractivity contribution in [3.05, 3.63) is 22.5 Å². The minimum atomic E-state index is -1.03. The fourth-order valence-corrected chi connectivity index (χ4v) is 3.34. The summed E-state index contributed by atoms with van der Waals surface area (Å²) in [4.78, 5) is 26.4. The standard InChI is InChI=1S/C16H24N2O3/c1-9-13(11(3)17-14(9)16(20)21)15(19)18-10(2)12-7-5-4-6-8-12/h10,12,17H,4-8H2,1-3H3,(H,18,19)(H,20,21). The molecule has 2 rings (SSSR count). The second kappa shape index (κ2) is 6.33. The fourth-order valence-electron chi connectivity index (χ4n) is 3.34. The van der Waals surface area contributed by atoms with Crippen LogP contribution in [0.3, 0.4) is 0 Å². The van der Waals surface area contributed by atoms with E-state index >= 15 is 0 Å². The lowest BCUT2D eigenvalue weighted by molar-refractivity contribution is 0.0690. The monoisotopic (exact) mass is 292 g/mol. The van der Waals surface area contributed by atoms with Gasteiger partial charge in [0.25, 0.3) is 5.91 Å². The highest BCUT2D eigenvalue weighted by Gasteiger charge is 2.25. The Labute approximate surface area is 125 Å². The van der Waals surface area contributed by atoms with E-state index in [4.69, 9.17) is 5.11 Å². The van der Waals surface area contributed by atoms with E-state index in [9.17, 15) is 9.59 Å². The van der Waals surface area contributed by atoms with Crippen LogP contribution in [0.1, 0.15) is 71.1 Å². The Morgan fingerprint density at radius 3 is 2.38 bits per heavy atom. The molecule has 1 fully saturated rings. The van der Waals surface area contributed by atoms with Crippen molar-refractivity contribution < 1.29 is 14.7 Å². The fraction of sp³-hybridized carbons (Fsp3) is 0.625. The summed E-state index contributed by atoms with van der Waals surface area (Å²) < 4.78 is 0. The molecule has 0 aliphatic heterocycles. The molecule has 1 amide bonds. The molecule has 116 valence electrons. The summed E-state index contributed by atoms with van der Waals surface area (Å²) in [6.07, 6.45) is 6.07. The number of aromatic carboxylic acids is 1. The van der Waals surface area contributed by atoms with Crippen molar-refractivity contribution in [2.24, 2.45) is 5.92 Å². The van der Waals surface area contributed by atoms with Crippen molar-refractivity contribution in [3.63, 3.8) is 0 Å². The zero-order chi connectivity index (χ0) is 15.6. The van der Waals surface area contributed by atoms with Crippen LogP contribution in [0.2, 0.25) is 0 Å². The molecule has 0 aromatic carbocycles. The molecule has 21 heavy (non-hydrogen) atoms. The molecule has 1 unspecified atom stereocenters. The summed E-state index contributed by atoms with van der Waals surface area (Å²) in [5.74, 6) is -0.678. The Morgan fingerprint density at radius 2 is 1.86 bits per heavy atom. The summed E-state index contributed by atoms with van der Waals surface area (Å²) in [6.45, 7) is 5.45. The number of amides is 1. The predicted octanol–water partition coefficient (Wildman–Crippen LogP) is 3.03. The van der Waals surface area contributed by atoms with Crippen LogP contribution < -0.4 is 5.32 Å². The van der Waals surface area contributed by atoms with Crippen molar-refractivity contribution >= 4 is 11.9 Å². The average molecular weight is 292 g/mol. The minimum absolute atomic E-state index is 0.1000. The zero-order valence-electron chi connectivity index (χ0n) is 13.0. The number of carbonyl (C=O) groups is 2. The Bertz CT molecular complexity index is 542. The smallest absolute Gasteiger partial charge is 0.352 e. The number of hydrogen-bond donors (Lipinski definition) is 3. The lowest BCUT2D eigenvalue weighted by Crippen LogP contribution is -2.39. The second-order valence-corrected chi connectivity index (χ2v) is 6.09. The minimum Gasteiger partial charge on any atom is -0.477 e. The first-order valence-corrected chi connectivity index (χ1v) is 7.65. The molecule has 1 aliphatic rings. The van der Waals surface area contributed by atoms with Crippen molar-refractivity contribution in [1.82, 2.24) is 10.3 Å². The van der Waals surface area contributed by atoms with Crippen molar-refractivity contribution in [3.8, 4) is 0 Å². The molecule has 5 heteroatoms. The molecule has 1 aliphatic carbocycles. The number of rotatable bonds is 4. The van der Waals surface area contributed by atoms with Gasteiger partial charge in [-0.1, -0.05) is 19.3 Å². The first-order valence-electron chi connectivity index (χ1n) is 7.65. The van der Waals surface area contributed by atoms with Crippen molar-refractivity contribution in [2.75, 3.05) is 0 Å². The Kier molecular flexibility index (Phi) is 4.70. The third-order valence-electron chi connectivity index (χ3n) is 4.59. The van der Waals surface area contributed by atoms with E-state index in [-0.39, 0.29) is 17.6 Å². The van der Waals surface area contributed by atoms with Crippen LogP contribution in [0.5, 0.6) is 0 Å². The van der Waals surface area contributed by atoms with Crippen molar-refractivity contribution in [2.45, 2.75) is 58.9 Å². The average Bonchev–Trinajstić information content (AvgIpc) is 2.75. The van der Waals surface area contributed by atoms with Crippen LogP contribution in [-0.4, -0.2) is 28.0 Å². The second-order valence-electron chi connectivity index (χ2n) is 6.09. The molecule has 3 N–H and O–H groups in total. The van der Waals surface area contributed by atoms with Gasteiger partial charge < -0.3 is 15.4 Å². The SMILES string of the molecule is Cc1[nH]c(C(=O)O)c(C)c1C(=O)NC(C)C1CCCCC1. The molecule has 1 saturated carbocycles. The number of H-pyrrole nitrogens is 1. The van der Waals surface area contributed by atoms with E-state index < -0.39 is 5.97 Å². The third-order valence-corrected chi connectivity index (χ3v) is 4.59. The van der Waals surface area contributed by atoms with E-state index in [1.54, 1.807) is 13.8 Å². The third kappa shape index (κ3) is 3.28. The normalized spacial score (nSPS) is 17.5. The van der Waals surface area contributed by atoms with Crippen LogP contribution >= 0.6 is 0 Å². The predicted molar refractivity (Wildman–Crippen MR) is 80.7 cm³/mol. The molecule has 1 aromatic heterocycles. The largest absolute Gasteiger partial charge is 0.477 e. The summed E-state index contributed by atoms with van der Waals surface area (Å²) in [5.41, 5.74) is 1.68. The summed E-state index contributed by atoms with van der Waals surface area (Å²) in [5, 5.41) is 12.2. The van der Waals surface area contributed by atoms with Gasteiger partial charge in [-0.25, -0.2) is 4.79 Å². The quantitative estimate of drug-likeness (QED) is 0.797. The van der Waals surface area contributed by atoms with Crippen LogP contribution in [0, 0.1) is 19.8 Å². The summed E-state index contributed by atoms with van der Waals surface area (Å²) >= 11 is 0. The number of carboxylic acid groups (broad SMARTS) is 1. The van der Waals surface area contributed by atoms with Gasteiger partial charge in [0.15, 0.2) is 0 Å². The van der Waals surface area contributed by atoms with Crippen molar-refractivity contribution in [1.29, 1.82) is 0 Å². The maximum absolute atomic E-state index is 12.5. The van der Waals surface area contributed by atoms with Gasteiger partial charge in [0.1, 0.15) is 5.69 Å². The van der Waals surface area contributed by atoms with Crippen LogP contribution in [0.15, 0.2) is 0 Å². The van der Waals surface area contributed by atoms with Crippen LogP contribution in [0.25, 0.3) is 0 Å². The summed E-state index contributed by atoms with van der Waals surface area (Å²) in [7, 11) is 0. The molecular formula is C16H24N2O3. The molecule has 0 saturated heterocycles. The zero-order valence-corrected chi connectivity index (χ0v) is 13.0. The van der Waals surface area contributed by atoms with E-state index in [1.807, 2.05) is 6.92 Å². The van der Waals surface area contributed by atoms with Crippen LogP contribution in [0.4, 0.5) is 0 Å². The first kappa shape index (κ1) is 15.6. The Morgan fingerprint density at radius 1 is 1.24 bits per heavy atom. The maximum Gasteiger partial charge on any atom is 0.352 e. The summed E-state index contributed by atoms with van der Waals surface area (Å²) in [6, 6.07) is 0.125. The molecular weight excluding hydrogens is 268 g/mol. The van der Waals surface area contributed by atoms with Gasteiger partial charge in [0.2, 0.25) is 0 Å². The van der Waals surface area contributed by atoms with Gasteiger partial charge in [0, 0.05) is 11.7 Å². The number of carbonyl (C=O) groups excluding carboxylic acids is 1. The highest BCUT2D eigenvalue weighted by atomic mass is 16.4. The van der Waals surface area contributed by atoms with Gasteiger partial charge >= 0.3 is 5.97 Å². The topological polar surface area (TPSA) is 82.2 Å². The maximum atomic E-state index is 12.5. The van der Waals surface area contributed by atoms with Gasteiger partial charge in [-0.05, 0) is 45.1 Å². The van der Waals surface area contributed by atoms with Gasteiger partial charge in [0.05, 0.1) is 5.56 Å². The number of nitrogens with one attached hydrogen (secondary N) is 2. The molecule has 0 radical (unpaired) electrons. The number of carboxylic acids is 1. The highest BCUT2D eigenvalue weighted by molar-refractivity contribution is 6.00. The van der Waals surface area contributed by atoms with E-state index in [0.717, 1.165) is 12.8 Å². The number of aromatic nitrogens is 1. The number of aryl methyl sites for hydroxylation is 1. The number of hydrogen-bond acceptors (Lipinski definition) is 2. The van der Waals surface area contributed by atoms with Gasteiger partial charge in [-0.3, -0.25) is 4.79 Å². The van der Waals surface area contributed by atoms with Gasteiger partial charge in [-0.15, -0.1) is 0 Å². The Hall–Kier alpha value is -1.78. The molecule has 0 bridgehead atoms. The first-order chi connectivity index (χ1) is 9.91. The molecule has 1 aromatic rings. The molecule has 1 heterocycles.